The van der Waals surface area contributed by atoms with Crippen molar-refractivity contribution in [3.63, 3.8) is 0 Å². The summed E-state index contributed by atoms with van der Waals surface area (Å²) >= 11 is 1.43. The number of anilines is 1. The number of rotatable bonds is 3. The molecule has 5 nitrogen and oxygen atoms in total. The second kappa shape index (κ2) is 7.27. The van der Waals surface area contributed by atoms with Crippen LogP contribution in [0.15, 0.2) is 47.6 Å². The van der Waals surface area contributed by atoms with E-state index in [-0.39, 0.29) is 24.4 Å². The molecule has 1 saturated heterocycles. The minimum absolute atomic E-state index is 0.0633. The van der Waals surface area contributed by atoms with E-state index < -0.39 is 0 Å². The molecule has 0 N–H and O–H groups in total. The third kappa shape index (κ3) is 3.54. The second-order valence-electron chi connectivity index (χ2n) is 6.19. The van der Waals surface area contributed by atoms with Gasteiger partial charge in [-0.05, 0) is 49.9 Å². The molecule has 25 heavy (non-hydrogen) atoms. The molecule has 0 bridgehead atoms. The number of hydrogen-bond acceptors (Lipinski definition) is 4. The largest absolute Gasteiger partial charge is 0.325 e. The van der Waals surface area contributed by atoms with Gasteiger partial charge in [-0.25, -0.2) is 4.98 Å². The number of nitrogens with zero attached hydrogens (tertiary/aromatic N) is 3. The number of pyridine rings is 1. The van der Waals surface area contributed by atoms with Crippen LogP contribution < -0.4 is 4.90 Å². The minimum Gasteiger partial charge on any atom is -0.325 e. The molecule has 1 aliphatic rings. The quantitative estimate of drug-likeness (QED) is 0.794. The molecule has 6 heteroatoms. The summed E-state index contributed by atoms with van der Waals surface area (Å²) in [4.78, 5) is 33.3. The standard InChI is InChI=1S/C19H21N3O2S/c1-13-6-4-7-15(10-13)22-11-14(2)21(12-17(22)23)19(24)16-8-5-9-20-18(16)25-3/h4-10,14H,11-12H2,1-3H3. The average molecular weight is 355 g/mol. The van der Waals surface area contributed by atoms with E-state index in [0.29, 0.717) is 17.1 Å². The van der Waals surface area contributed by atoms with Crippen molar-refractivity contribution < 1.29 is 9.59 Å². The van der Waals surface area contributed by atoms with Crippen LogP contribution in [-0.2, 0) is 4.79 Å². The fourth-order valence-electron chi connectivity index (χ4n) is 3.04. The first kappa shape index (κ1) is 17.5. The van der Waals surface area contributed by atoms with Crippen LogP contribution in [-0.4, -0.2) is 47.1 Å². The Balaban J connectivity index is 1.83. The summed E-state index contributed by atoms with van der Waals surface area (Å²) in [6, 6.07) is 11.3. The molecule has 2 amide bonds. The molecule has 1 aromatic heterocycles. The maximum Gasteiger partial charge on any atom is 0.257 e. The van der Waals surface area contributed by atoms with E-state index in [0.717, 1.165) is 11.3 Å². The Labute approximate surface area is 152 Å². The molecule has 0 radical (unpaired) electrons. The number of carbonyl (C=O) groups excluding carboxylic acids is 2. The number of benzene rings is 1. The monoisotopic (exact) mass is 355 g/mol. The van der Waals surface area contributed by atoms with Crippen LogP contribution in [0.4, 0.5) is 5.69 Å². The van der Waals surface area contributed by atoms with Crippen LogP contribution in [0, 0.1) is 6.92 Å². The molecule has 130 valence electrons. The zero-order valence-corrected chi connectivity index (χ0v) is 15.4. The molecule has 2 aromatic rings. The predicted molar refractivity (Wildman–Crippen MR) is 100 cm³/mol. The summed E-state index contributed by atoms with van der Waals surface area (Å²) in [6.07, 6.45) is 3.57. The van der Waals surface area contributed by atoms with Gasteiger partial charge >= 0.3 is 0 Å². The van der Waals surface area contributed by atoms with Gasteiger partial charge in [0.25, 0.3) is 5.91 Å². The van der Waals surface area contributed by atoms with Crippen molar-refractivity contribution in [2.45, 2.75) is 24.9 Å². The molecule has 0 saturated carbocycles. The van der Waals surface area contributed by atoms with Gasteiger partial charge in [0.1, 0.15) is 11.6 Å². The van der Waals surface area contributed by atoms with Gasteiger partial charge in [0.2, 0.25) is 5.91 Å². The Morgan fingerprint density at radius 1 is 1.28 bits per heavy atom. The highest BCUT2D eigenvalue weighted by Gasteiger charge is 2.34. The lowest BCUT2D eigenvalue weighted by molar-refractivity contribution is -0.121. The number of aryl methyl sites for hydroxylation is 1. The van der Waals surface area contributed by atoms with Crippen LogP contribution in [0.25, 0.3) is 0 Å². The third-order valence-corrected chi connectivity index (χ3v) is 5.07. The molecular formula is C19H21N3O2S. The Hall–Kier alpha value is -2.34. The first-order chi connectivity index (χ1) is 12.0. The molecule has 0 aliphatic carbocycles. The van der Waals surface area contributed by atoms with Crippen LogP contribution in [0.3, 0.4) is 0 Å². The van der Waals surface area contributed by atoms with Crippen LogP contribution >= 0.6 is 11.8 Å². The Morgan fingerprint density at radius 2 is 2.08 bits per heavy atom. The van der Waals surface area contributed by atoms with Gasteiger partial charge < -0.3 is 9.80 Å². The van der Waals surface area contributed by atoms with Gasteiger partial charge in [-0.1, -0.05) is 12.1 Å². The van der Waals surface area contributed by atoms with E-state index in [1.165, 1.54) is 11.8 Å². The number of carbonyl (C=O) groups is 2. The highest BCUT2D eigenvalue weighted by Crippen LogP contribution is 2.24. The van der Waals surface area contributed by atoms with Crippen molar-refractivity contribution in [3.8, 4) is 0 Å². The first-order valence-corrected chi connectivity index (χ1v) is 9.40. The van der Waals surface area contributed by atoms with Crippen LogP contribution in [0.2, 0.25) is 0 Å². The van der Waals surface area contributed by atoms with Gasteiger partial charge in [-0.15, -0.1) is 11.8 Å². The maximum atomic E-state index is 12.9. The molecule has 1 aromatic carbocycles. The fourth-order valence-corrected chi connectivity index (χ4v) is 3.58. The summed E-state index contributed by atoms with van der Waals surface area (Å²) < 4.78 is 0. The van der Waals surface area contributed by atoms with E-state index in [1.54, 1.807) is 28.1 Å². The highest BCUT2D eigenvalue weighted by molar-refractivity contribution is 7.98. The topological polar surface area (TPSA) is 53.5 Å². The SMILES string of the molecule is CSc1ncccc1C(=O)N1CC(=O)N(c2cccc(C)c2)CC1C. The zero-order valence-electron chi connectivity index (χ0n) is 14.6. The minimum atomic E-state index is -0.137. The van der Waals surface area contributed by atoms with Crippen molar-refractivity contribution in [2.75, 3.05) is 24.2 Å². The Morgan fingerprint density at radius 3 is 2.80 bits per heavy atom. The van der Waals surface area contributed by atoms with Crippen molar-refractivity contribution in [2.24, 2.45) is 0 Å². The normalized spacial score (nSPS) is 17.7. The predicted octanol–water partition coefficient (Wildman–Crippen LogP) is 2.99. The summed E-state index contributed by atoms with van der Waals surface area (Å²) in [6.45, 7) is 4.55. The lowest BCUT2D eigenvalue weighted by Gasteiger charge is -2.39. The number of hydrogen-bond donors (Lipinski definition) is 0. The Bertz CT molecular complexity index is 809. The van der Waals surface area contributed by atoms with Crippen molar-refractivity contribution >= 4 is 29.3 Å². The van der Waals surface area contributed by atoms with Gasteiger partial charge in [0.15, 0.2) is 0 Å². The van der Waals surface area contributed by atoms with Gasteiger partial charge in [-0.3, -0.25) is 9.59 Å². The molecule has 1 fully saturated rings. The lowest BCUT2D eigenvalue weighted by atomic mass is 10.1. The first-order valence-electron chi connectivity index (χ1n) is 8.18. The summed E-state index contributed by atoms with van der Waals surface area (Å²) in [5.41, 5.74) is 2.55. The van der Waals surface area contributed by atoms with Crippen molar-refractivity contribution in [1.29, 1.82) is 0 Å². The van der Waals surface area contributed by atoms with Gasteiger partial charge in [-0.2, -0.15) is 0 Å². The van der Waals surface area contributed by atoms with Gasteiger partial charge in [0.05, 0.1) is 5.56 Å². The fraction of sp³-hybridized carbons (Fsp3) is 0.316. The smallest absolute Gasteiger partial charge is 0.257 e. The summed E-state index contributed by atoms with van der Waals surface area (Å²) in [7, 11) is 0. The molecule has 3 rings (SSSR count). The number of thioether (sulfide) groups is 1. The zero-order chi connectivity index (χ0) is 18.0. The van der Waals surface area contributed by atoms with E-state index in [1.807, 2.05) is 44.4 Å². The second-order valence-corrected chi connectivity index (χ2v) is 6.98. The molecule has 1 aliphatic heterocycles. The average Bonchev–Trinajstić information content (AvgIpc) is 2.62. The highest BCUT2D eigenvalue weighted by atomic mass is 32.2. The number of amides is 2. The summed E-state index contributed by atoms with van der Waals surface area (Å²) in [5, 5.41) is 0.688. The van der Waals surface area contributed by atoms with Crippen LogP contribution in [0.1, 0.15) is 22.8 Å². The van der Waals surface area contributed by atoms with E-state index >= 15 is 0 Å². The van der Waals surface area contributed by atoms with Crippen LogP contribution in [0.5, 0.6) is 0 Å². The van der Waals surface area contributed by atoms with E-state index in [9.17, 15) is 9.59 Å². The number of aromatic nitrogens is 1. The Kier molecular flexibility index (Phi) is 5.08. The van der Waals surface area contributed by atoms with Crippen molar-refractivity contribution in [1.82, 2.24) is 9.88 Å². The third-order valence-electron chi connectivity index (χ3n) is 4.35. The molecule has 1 unspecified atom stereocenters. The maximum absolute atomic E-state index is 12.9. The molecule has 2 heterocycles. The summed E-state index contributed by atoms with van der Waals surface area (Å²) in [5.74, 6) is -0.200. The molecule has 1 atom stereocenters. The lowest BCUT2D eigenvalue weighted by Crippen LogP contribution is -2.57. The number of piperazine rings is 1. The van der Waals surface area contributed by atoms with Gasteiger partial charge in [0, 0.05) is 24.5 Å². The van der Waals surface area contributed by atoms with E-state index in [2.05, 4.69) is 4.98 Å². The molecule has 0 spiro atoms. The molecular weight excluding hydrogens is 334 g/mol. The van der Waals surface area contributed by atoms with Crippen molar-refractivity contribution in [3.05, 3.63) is 53.7 Å². The van der Waals surface area contributed by atoms with E-state index in [4.69, 9.17) is 0 Å².